The number of nitrogens with one attached hydrogen (secondary N) is 1. The van der Waals surface area contributed by atoms with Crippen molar-refractivity contribution in [1.82, 2.24) is 10.2 Å². The Kier molecular flexibility index (Phi) is 4.42. The second kappa shape index (κ2) is 5.69. The molecule has 2 N–H and O–H groups in total. The maximum Gasteiger partial charge on any atom is 0.255 e. The van der Waals surface area contributed by atoms with Crippen LogP contribution in [0.3, 0.4) is 0 Å². The number of halogens is 2. The Morgan fingerprint density at radius 2 is 2.17 bits per heavy atom. The van der Waals surface area contributed by atoms with Gasteiger partial charge in [-0.05, 0) is 34.1 Å². The summed E-state index contributed by atoms with van der Waals surface area (Å²) in [5.41, 5.74) is 0.589. The van der Waals surface area contributed by atoms with E-state index in [1.165, 1.54) is 0 Å². The van der Waals surface area contributed by atoms with E-state index >= 15 is 0 Å². The van der Waals surface area contributed by atoms with Gasteiger partial charge in [0.15, 0.2) is 0 Å². The number of aliphatic hydroxyl groups excluding tert-OH is 1. The smallest absolute Gasteiger partial charge is 0.255 e. The standard InChI is InChI=1S/C12H14Br2N2O2/c1-16(10-5-15-6-11(10)17)12(18)8-4-7(13)2-3-9(8)14/h2-4,10-11,15,17H,5-6H2,1H3/t10-,11-/m1/s1. The van der Waals surface area contributed by atoms with Gasteiger partial charge in [0.1, 0.15) is 0 Å². The van der Waals surface area contributed by atoms with E-state index in [-0.39, 0.29) is 11.9 Å². The van der Waals surface area contributed by atoms with Gasteiger partial charge < -0.3 is 15.3 Å². The van der Waals surface area contributed by atoms with E-state index in [0.717, 1.165) is 8.95 Å². The highest BCUT2D eigenvalue weighted by molar-refractivity contribution is 9.11. The number of nitrogens with zero attached hydrogens (tertiary/aromatic N) is 1. The van der Waals surface area contributed by atoms with Crippen LogP contribution in [0.4, 0.5) is 0 Å². The summed E-state index contributed by atoms with van der Waals surface area (Å²) in [4.78, 5) is 14.0. The molecule has 1 saturated heterocycles. The number of aliphatic hydroxyl groups is 1. The number of rotatable bonds is 2. The third kappa shape index (κ3) is 2.77. The first kappa shape index (κ1) is 14.0. The number of hydrogen-bond donors (Lipinski definition) is 2. The fraction of sp³-hybridized carbons (Fsp3) is 0.417. The van der Waals surface area contributed by atoms with Crippen LogP contribution in [0, 0.1) is 0 Å². The highest BCUT2D eigenvalue weighted by Gasteiger charge is 2.32. The molecule has 1 aromatic carbocycles. The van der Waals surface area contributed by atoms with Crippen molar-refractivity contribution in [1.29, 1.82) is 0 Å². The molecule has 98 valence electrons. The second-order valence-electron chi connectivity index (χ2n) is 4.33. The maximum absolute atomic E-state index is 12.4. The van der Waals surface area contributed by atoms with Crippen molar-refractivity contribution in [2.75, 3.05) is 20.1 Å². The molecular weight excluding hydrogens is 364 g/mol. The first-order chi connectivity index (χ1) is 8.50. The molecular formula is C12H14Br2N2O2. The molecule has 18 heavy (non-hydrogen) atoms. The third-order valence-corrected chi connectivity index (χ3v) is 4.31. The lowest BCUT2D eigenvalue weighted by atomic mass is 10.1. The fourth-order valence-electron chi connectivity index (χ4n) is 2.05. The van der Waals surface area contributed by atoms with E-state index in [0.29, 0.717) is 18.7 Å². The zero-order valence-electron chi connectivity index (χ0n) is 9.86. The lowest BCUT2D eigenvalue weighted by Gasteiger charge is -2.26. The molecule has 0 aliphatic carbocycles. The van der Waals surface area contributed by atoms with Crippen LogP contribution in [0.1, 0.15) is 10.4 Å². The Labute approximate surface area is 123 Å². The Bertz CT molecular complexity index is 467. The van der Waals surface area contributed by atoms with E-state index < -0.39 is 6.10 Å². The lowest BCUT2D eigenvalue weighted by molar-refractivity contribution is 0.0580. The molecule has 0 unspecified atom stereocenters. The van der Waals surface area contributed by atoms with Crippen LogP contribution >= 0.6 is 31.9 Å². The van der Waals surface area contributed by atoms with E-state index in [1.807, 2.05) is 12.1 Å². The number of carbonyl (C=O) groups excluding carboxylic acids is 1. The number of β-amino-alcohol motifs (C(OH)–C–C–N with tert-alkyl or cyclic N) is 1. The summed E-state index contributed by atoms with van der Waals surface area (Å²) in [6.45, 7) is 1.15. The number of amides is 1. The molecule has 1 fully saturated rings. The highest BCUT2D eigenvalue weighted by atomic mass is 79.9. The minimum Gasteiger partial charge on any atom is -0.390 e. The first-order valence-electron chi connectivity index (χ1n) is 5.61. The van der Waals surface area contributed by atoms with Crippen molar-refractivity contribution in [2.45, 2.75) is 12.1 Å². The van der Waals surface area contributed by atoms with Gasteiger partial charge in [0.2, 0.25) is 0 Å². The molecule has 1 aromatic rings. The Balaban J connectivity index is 2.22. The molecule has 0 radical (unpaired) electrons. The van der Waals surface area contributed by atoms with Crippen molar-refractivity contribution < 1.29 is 9.90 Å². The van der Waals surface area contributed by atoms with E-state index in [9.17, 15) is 9.90 Å². The zero-order chi connectivity index (χ0) is 13.3. The number of likely N-dealkylation sites (N-methyl/N-ethyl adjacent to an activating group) is 1. The van der Waals surface area contributed by atoms with Crippen LogP contribution in [0.2, 0.25) is 0 Å². The molecule has 0 spiro atoms. The number of carbonyl (C=O) groups is 1. The molecule has 0 aromatic heterocycles. The molecule has 2 rings (SSSR count). The van der Waals surface area contributed by atoms with Gasteiger partial charge in [0, 0.05) is 29.1 Å². The average molecular weight is 378 g/mol. The second-order valence-corrected chi connectivity index (χ2v) is 6.10. The SMILES string of the molecule is CN(C(=O)c1cc(Br)ccc1Br)[C@@H]1CNC[C@H]1O. The normalized spacial score (nSPS) is 23.1. The van der Waals surface area contributed by atoms with Gasteiger partial charge in [0.05, 0.1) is 17.7 Å². The van der Waals surface area contributed by atoms with Crippen LogP contribution in [0.5, 0.6) is 0 Å². The maximum atomic E-state index is 12.4. The van der Waals surface area contributed by atoms with Crippen LogP contribution in [0.25, 0.3) is 0 Å². The molecule has 0 bridgehead atoms. The van der Waals surface area contributed by atoms with Gasteiger partial charge in [-0.2, -0.15) is 0 Å². The minimum atomic E-state index is -0.509. The third-order valence-electron chi connectivity index (χ3n) is 3.13. The lowest BCUT2D eigenvalue weighted by Crippen LogP contribution is -2.44. The summed E-state index contributed by atoms with van der Waals surface area (Å²) in [5, 5.41) is 12.9. The van der Waals surface area contributed by atoms with Crippen molar-refractivity contribution in [2.24, 2.45) is 0 Å². The largest absolute Gasteiger partial charge is 0.390 e. The number of benzene rings is 1. The van der Waals surface area contributed by atoms with Gasteiger partial charge in [-0.25, -0.2) is 0 Å². The van der Waals surface area contributed by atoms with Crippen LogP contribution < -0.4 is 5.32 Å². The molecule has 1 heterocycles. The van der Waals surface area contributed by atoms with E-state index in [4.69, 9.17) is 0 Å². The van der Waals surface area contributed by atoms with Gasteiger partial charge in [-0.15, -0.1) is 0 Å². The Morgan fingerprint density at radius 3 is 2.78 bits per heavy atom. The molecule has 2 atom stereocenters. The molecule has 1 aliphatic rings. The summed E-state index contributed by atoms with van der Waals surface area (Å²) in [5.74, 6) is -0.101. The fourth-order valence-corrected chi connectivity index (χ4v) is 2.83. The molecule has 1 aliphatic heterocycles. The van der Waals surface area contributed by atoms with Gasteiger partial charge in [0.25, 0.3) is 5.91 Å². The minimum absolute atomic E-state index is 0.101. The monoisotopic (exact) mass is 376 g/mol. The molecule has 6 heteroatoms. The van der Waals surface area contributed by atoms with Gasteiger partial charge in [-0.3, -0.25) is 4.79 Å². The zero-order valence-corrected chi connectivity index (χ0v) is 13.0. The quantitative estimate of drug-likeness (QED) is 0.823. The first-order valence-corrected chi connectivity index (χ1v) is 7.20. The summed E-state index contributed by atoms with van der Waals surface area (Å²) in [6, 6.07) is 5.29. The van der Waals surface area contributed by atoms with Crippen molar-refractivity contribution >= 4 is 37.8 Å². The van der Waals surface area contributed by atoms with Crippen molar-refractivity contribution in [3.05, 3.63) is 32.7 Å². The van der Waals surface area contributed by atoms with Crippen LogP contribution in [-0.2, 0) is 0 Å². The average Bonchev–Trinajstić information content (AvgIpc) is 2.77. The van der Waals surface area contributed by atoms with Crippen LogP contribution in [-0.4, -0.2) is 48.2 Å². The van der Waals surface area contributed by atoms with Gasteiger partial charge in [-0.1, -0.05) is 15.9 Å². The van der Waals surface area contributed by atoms with E-state index in [2.05, 4.69) is 37.2 Å². The van der Waals surface area contributed by atoms with Crippen molar-refractivity contribution in [3.63, 3.8) is 0 Å². The summed E-state index contributed by atoms with van der Waals surface area (Å²) in [7, 11) is 1.72. The predicted molar refractivity (Wildman–Crippen MR) is 76.6 cm³/mol. The molecule has 0 saturated carbocycles. The molecule has 1 amide bonds. The molecule has 4 nitrogen and oxygen atoms in total. The summed E-state index contributed by atoms with van der Waals surface area (Å²) >= 11 is 6.73. The topological polar surface area (TPSA) is 52.6 Å². The summed E-state index contributed by atoms with van der Waals surface area (Å²) < 4.78 is 1.61. The Morgan fingerprint density at radius 1 is 1.44 bits per heavy atom. The highest BCUT2D eigenvalue weighted by Crippen LogP contribution is 2.23. The predicted octanol–water partition coefficient (Wildman–Crippen LogP) is 1.62. The Hall–Kier alpha value is -0.430. The summed E-state index contributed by atoms with van der Waals surface area (Å²) in [6.07, 6.45) is -0.509. The van der Waals surface area contributed by atoms with Gasteiger partial charge >= 0.3 is 0 Å². The van der Waals surface area contributed by atoms with E-state index in [1.54, 1.807) is 18.0 Å². The van der Waals surface area contributed by atoms with Crippen LogP contribution in [0.15, 0.2) is 27.1 Å². The number of hydrogen-bond acceptors (Lipinski definition) is 3. The van der Waals surface area contributed by atoms with Crippen molar-refractivity contribution in [3.8, 4) is 0 Å².